The largest absolute Gasteiger partial charge is 0.322 e. The summed E-state index contributed by atoms with van der Waals surface area (Å²) < 4.78 is 43.3. The highest BCUT2D eigenvalue weighted by Gasteiger charge is 2.28. The van der Waals surface area contributed by atoms with E-state index in [0.717, 1.165) is 19.3 Å². The van der Waals surface area contributed by atoms with E-state index in [9.17, 15) is 17.6 Å². The number of aryl methyl sites for hydroxylation is 1. The smallest absolute Gasteiger partial charge is 0.259 e. The van der Waals surface area contributed by atoms with Gasteiger partial charge in [0, 0.05) is 18.8 Å². The SMILES string of the molecule is Cc1ccc(NC(=O)c2cnn(-c3ccccc3F)c2C)cc1S(=O)(=O)N1CCCCC1. The van der Waals surface area contributed by atoms with Gasteiger partial charge < -0.3 is 5.32 Å². The number of nitrogens with zero attached hydrogens (tertiary/aromatic N) is 3. The molecule has 0 radical (unpaired) electrons. The molecule has 0 saturated carbocycles. The first kappa shape index (κ1) is 22.2. The minimum absolute atomic E-state index is 0.191. The zero-order valence-corrected chi connectivity index (χ0v) is 18.8. The van der Waals surface area contributed by atoms with E-state index >= 15 is 0 Å². The predicted molar refractivity (Wildman–Crippen MR) is 120 cm³/mol. The van der Waals surface area contributed by atoms with Gasteiger partial charge in [-0.2, -0.15) is 9.40 Å². The lowest BCUT2D eigenvalue weighted by Crippen LogP contribution is -2.36. The maximum atomic E-state index is 14.1. The Labute approximate surface area is 186 Å². The van der Waals surface area contributed by atoms with Crippen LogP contribution in [0.4, 0.5) is 10.1 Å². The Morgan fingerprint density at radius 3 is 2.50 bits per heavy atom. The maximum absolute atomic E-state index is 14.1. The van der Waals surface area contributed by atoms with Crippen molar-refractivity contribution in [3.8, 4) is 5.69 Å². The minimum Gasteiger partial charge on any atom is -0.322 e. The third-order valence-electron chi connectivity index (χ3n) is 5.71. The number of carbonyl (C=O) groups excluding carboxylic acids is 1. The van der Waals surface area contributed by atoms with Gasteiger partial charge in [0.1, 0.15) is 11.5 Å². The summed E-state index contributed by atoms with van der Waals surface area (Å²) in [6, 6.07) is 11.0. The molecule has 32 heavy (non-hydrogen) atoms. The van der Waals surface area contributed by atoms with Crippen LogP contribution < -0.4 is 5.32 Å². The molecule has 1 amide bonds. The number of hydrogen-bond donors (Lipinski definition) is 1. The first-order valence-corrected chi connectivity index (χ1v) is 11.9. The topological polar surface area (TPSA) is 84.3 Å². The number of nitrogens with one attached hydrogen (secondary N) is 1. The summed E-state index contributed by atoms with van der Waals surface area (Å²) in [5.74, 6) is -0.896. The average Bonchev–Trinajstić information content (AvgIpc) is 3.17. The highest BCUT2D eigenvalue weighted by atomic mass is 32.2. The van der Waals surface area contributed by atoms with Crippen LogP contribution in [0.25, 0.3) is 5.69 Å². The monoisotopic (exact) mass is 456 g/mol. The van der Waals surface area contributed by atoms with Gasteiger partial charge in [-0.05, 0) is 56.5 Å². The Hall–Kier alpha value is -3.04. The number of benzene rings is 2. The molecule has 1 aliphatic rings. The van der Waals surface area contributed by atoms with Crippen molar-refractivity contribution in [1.82, 2.24) is 14.1 Å². The molecule has 4 rings (SSSR count). The van der Waals surface area contributed by atoms with Crippen molar-refractivity contribution < 1.29 is 17.6 Å². The first-order chi connectivity index (χ1) is 15.3. The molecule has 1 fully saturated rings. The second-order valence-electron chi connectivity index (χ2n) is 7.91. The number of anilines is 1. The van der Waals surface area contributed by atoms with Crippen LogP contribution in [0.15, 0.2) is 53.6 Å². The van der Waals surface area contributed by atoms with Gasteiger partial charge in [0.15, 0.2) is 0 Å². The van der Waals surface area contributed by atoms with Crippen LogP contribution in [0, 0.1) is 19.7 Å². The summed E-state index contributed by atoms with van der Waals surface area (Å²) >= 11 is 0. The third kappa shape index (κ3) is 4.18. The highest BCUT2D eigenvalue weighted by Crippen LogP contribution is 2.26. The van der Waals surface area contributed by atoms with E-state index in [2.05, 4.69) is 10.4 Å². The van der Waals surface area contributed by atoms with Crippen LogP contribution >= 0.6 is 0 Å². The number of halogens is 1. The number of rotatable bonds is 5. The summed E-state index contributed by atoms with van der Waals surface area (Å²) in [6.45, 7) is 4.43. The Morgan fingerprint density at radius 1 is 1.06 bits per heavy atom. The molecule has 7 nitrogen and oxygen atoms in total. The molecular formula is C23H25FN4O3S. The van der Waals surface area contributed by atoms with Gasteiger partial charge in [0.2, 0.25) is 10.0 Å². The van der Waals surface area contributed by atoms with Crippen molar-refractivity contribution in [2.45, 2.75) is 38.0 Å². The molecule has 0 atom stereocenters. The van der Waals surface area contributed by atoms with Gasteiger partial charge in [-0.25, -0.2) is 17.5 Å². The maximum Gasteiger partial charge on any atom is 0.259 e. The van der Waals surface area contributed by atoms with E-state index in [0.29, 0.717) is 30.0 Å². The number of hydrogen-bond acceptors (Lipinski definition) is 4. The molecule has 1 aliphatic heterocycles. The van der Waals surface area contributed by atoms with E-state index in [-0.39, 0.29) is 16.1 Å². The Balaban J connectivity index is 1.60. The number of piperidine rings is 1. The highest BCUT2D eigenvalue weighted by molar-refractivity contribution is 7.89. The second kappa shape index (κ2) is 8.84. The van der Waals surface area contributed by atoms with Crippen LogP contribution in [0.2, 0.25) is 0 Å². The summed E-state index contributed by atoms with van der Waals surface area (Å²) in [6.07, 6.45) is 4.09. The number of sulfonamides is 1. The van der Waals surface area contributed by atoms with Crippen LogP contribution in [0.3, 0.4) is 0 Å². The van der Waals surface area contributed by atoms with E-state index < -0.39 is 21.7 Å². The average molecular weight is 457 g/mol. The molecule has 1 saturated heterocycles. The molecule has 1 aromatic heterocycles. The molecule has 0 spiro atoms. The molecule has 0 unspecified atom stereocenters. The van der Waals surface area contributed by atoms with Crippen molar-refractivity contribution in [3.63, 3.8) is 0 Å². The molecule has 2 aromatic carbocycles. The number of carbonyl (C=O) groups is 1. The fraction of sp³-hybridized carbons (Fsp3) is 0.304. The Morgan fingerprint density at radius 2 is 1.78 bits per heavy atom. The lowest BCUT2D eigenvalue weighted by molar-refractivity contribution is 0.102. The predicted octanol–water partition coefficient (Wildman–Crippen LogP) is 4.06. The van der Waals surface area contributed by atoms with Crippen molar-refractivity contribution in [3.05, 3.63) is 71.3 Å². The molecule has 0 bridgehead atoms. The molecule has 9 heteroatoms. The Kier molecular flexibility index (Phi) is 6.12. The van der Waals surface area contributed by atoms with Crippen LogP contribution in [-0.4, -0.2) is 41.5 Å². The number of aromatic nitrogens is 2. The molecule has 1 N–H and O–H groups in total. The minimum atomic E-state index is -3.64. The van der Waals surface area contributed by atoms with Crippen LogP contribution in [-0.2, 0) is 10.0 Å². The zero-order valence-electron chi connectivity index (χ0n) is 18.0. The van der Waals surface area contributed by atoms with Crippen molar-refractivity contribution in [1.29, 1.82) is 0 Å². The normalized spacial score (nSPS) is 15.0. The summed E-state index contributed by atoms with van der Waals surface area (Å²) in [7, 11) is -3.64. The van der Waals surface area contributed by atoms with Gasteiger partial charge in [-0.15, -0.1) is 0 Å². The Bertz CT molecular complexity index is 1260. The fourth-order valence-electron chi connectivity index (χ4n) is 3.90. The summed E-state index contributed by atoms with van der Waals surface area (Å²) in [5, 5.41) is 6.91. The van der Waals surface area contributed by atoms with Crippen LogP contribution in [0.5, 0.6) is 0 Å². The van der Waals surface area contributed by atoms with E-state index in [1.54, 1.807) is 44.2 Å². The quantitative estimate of drug-likeness (QED) is 0.628. The van der Waals surface area contributed by atoms with Gasteiger partial charge >= 0.3 is 0 Å². The van der Waals surface area contributed by atoms with E-state index in [1.807, 2.05) is 0 Å². The van der Waals surface area contributed by atoms with Crippen molar-refractivity contribution in [2.75, 3.05) is 18.4 Å². The standard InChI is InChI=1S/C23H25FN4O3S/c1-16-10-11-18(14-22(16)32(30,31)27-12-6-3-7-13-27)26-23(29)19-15-25-28(17(19)2)21-9-5-4-8-20(21)24/h4-5,8-11,14-15H,3,6-7,12-13H2,1-2H3,(H,26,29). The van der Waals surface area contributed by atoms with Gasteiger partial charge in [0.25, 0.3) is 5.91 Å². The van der Waals surface area contributed by atoms with Crippen LogP contribution in [0.1, 0.15) is 40.9 Å². The van der Waals surface area contributed by atoms with E-state index in [1.165, 1.54) is 27.3 Å². The van der Waals surface area contributed by atoms with Gasteiger partial charge in [0.05, 0.1) is 22.3 Å². The van der Waals surface area contributed by atoms with Crippen molar-refractivity contribution >= 4 is 21.6 Å². The molecule has 0 aliphatic carbocycles. The number of amides is 1. The molecule has 2 heterocycles. The molecule has 168 valence electrons. The molecule has 3 aromatic rings. The first-order valence-electron chi connectivity index (χ1n) is 10.5. The van der Waals surface area contributed by atoms with E-state index in [4.69, 9.17) is 0 Å². The fourth-order valence-corrected chi connectivity index (χ4v) is 5.67. The molecular weight excluding hydrogens is 431 g/mol. The third-order valence-corrected chi connectivity index (χ3v) is 7.75. The summed E-state index contributed by atoms with van der Waals surface area (Å²) in [4.78, 5) is 13.1. The lowest BCUT2D eigenvalue weighted by Gasteiger charge is -2.26. The lowest BCUT2D eigenvalue weighted by atomic mass is 10.2. The van der Waals surface area contributed by atoms with Crippen molar-refractivity contribution in [2.24, 2.45) is 0 Å². The zero-order chi connectivity index (χ0) is 22.9. The number of para-hydroxylation sites is 1. The second-order valence-corrected chi connectivity index (χ2v) is 9.81. The van der Waals surface area contributed by atoms with Gasteiger partial charge in [-0.3, -0.25) is 4.79 Å². The van der Waals surface area contributed by atoms with Gasteiger partial charge in [-0.1, -0.05) is 24.6 Å². The summed E-state index contributed by atoms with van der Waals surface area (Å²) in [5.41, 5.74) is 1.98.